The molecule has 5 nitrogen and oxygen atoms in total. The van der Waals surface area contributed by atoms with Crippen molar-refractivity contribution in [1.29, 1.82) is 0 Å². The first-order valence-electron chi connectivity index (χ1n) is 8.40. The molecule has 26 heavy (non-hydrogen) atoms. The van der Waals surface area contributed by atoms with Gasteiger partial charge in [0.1, 0.15) is 0 Å². The van der Waals surface area contributed by atoms with Crippen molar-refractivity contribution in [3.05, 3.63) is 70.6 Å². The first kappa shape index (κ1) is 18.1. The molecule has 0 aliphatic rings. The van der Waals surface area contributed by atoms with E-state index in [1.807, 2.05) is 55.5 Å². The van der Waals surface area contributed by atoms with E-state index < -0.39 is 0 Å². The molecule has 0 saturated carbocycles. The molecular formula is C20H20ClN3O2. The number of hydrogen-bond donors (Lipinski definition) is 0. The Kier molecular flexibility index (Phi) is 5.68. The highest BCUT2D eigenvalue weighted by molar-refractivity contribution is 6.31. The van der Waals surface area contributed by atoms with Crippen LogP contribution in [0.3, 0.4) is 0 Å². The van der Waals surface area contributed by atoms with Crippen LogP contribution in [0.1, 0.15) is 23.4 Å². The van der Waals surface area contributed by atoms with Crippen LogP contribution in [0, 0.1) is 6.92 Å². The molecule has 3 rings (SSSR count). The predicted octanol–water partition coefficient (Wildman–Crippen LogP) is 4.29. The number of nitrogens with zero attached hydrogens (tertiary/aromatic N) is 3. The molecule has 0 N–H and O–H groups in total. The third-order valence-corrected chi connectivity index (χ3v) is 4.48. The van der Waals surface area contributed by atoms with Gasteiger partial charge < -0.3 is 9.42 Å². The fraction of sp³-hybridized carbons (Fsp3) is 0.250. The monoisotopic (exact) mass is 369 g/mol. The lowest BCUT2D eigenvalue weighted by molar-refractivity contribution is -0.130. The molecule has 0 aliphatic carbocycles. The number of carbonyl (C=O) groups is 1. The highest BCUT2D eigenvalue weighted by Crippen LogP contribution is 2.19. The topological polar surface area (TPSA) is 59.2 Å². The van der Waals surface area contributed by atoms with Gasteiger partial charge in [-0.1, -0.05) is 58.7 Å². The molecule has 0 saturated heterocycles. The van der Waals surface area contributed by atoms with Gasteiger partial charge in [-0.15, -0.1) is 0 Å². The number of carbonyl (C=O) groups excluding carboxylic acids is 1. The molecule has 1 aromatic heterocycles. The Bertz CT molecular complexity index is 907. The van der Waals surface area contributed by atoms with E-state index >= 15 is 0 Å². The lowest BCUT2D eigenvalue weighted by atomic mass is 10.1. The Morgan fingerprint density at radius 3 is 2.77 bits per heavy atom. The molecule has 0 fully saturated rings. The third kappa shape index (κ3) is 4.49. The van der Waals surface area contributed by atoms with Gasteiger partial charge in [0.15, 0.2) is 0 Å². The predicted molar refractivity (Wildman–Crippen MR) is 101 cm³/mol. The van der Waals surface area contributed by atoms with Crippen molar-refractivity contribution in [2.75, 3.05) is 7.05 Å². The second kappa shape index (κ2) is 8.15. The van der Waals surface area contributed by atoms with Gasteiger partial charge in [0.05, 0.1) is 6.54 Å². The Balaban J connectivity index is 1.58. The lowest BCUT2D eigenvalue weighted by Gasteiger charge is -2.14. The first-order chi connectivity index (χ1) is 12.5. The van der Waals surface area contributed by atoms with Crippen LogP contribution in [-0.4, -0.2) is 28.0 Å². The van der Waals surface area contributed by atoms with E-state index in [2.05, 4.69) is 10.1 Å². The summed E-state index contributed by atoms with van der Waals surface area (Å²) in [6, 6.07) is 15.4. The summed E-state index contributed by atoms with van der Waals surface area (Å²) < 4.78 is 5.29. The number of amides is 1. The van der Waals surface area contributed by atoms with Gasteiger partial charge in [0.25, 0.3) is 0 Å². The van der Waals surface area contributed by atoms with Crippen molar-refractivity contribution < 1.29 is 9.32 Å². The van der Waals surface area contributed by atoms with E-state index in [1.54, 1.807) is 11.9 Å². The molecule has 3 aromatic rings. The molecule has 0 radical (unpaired) electrons. The zero-order valence-electron chi connectivity index (χ0n) is 14.8. The fourth-order valence-corrected chi connectivity index (χ4v) is 2.88. The van der Waals surface area contributed by atoms with Crippen LogP contribution in [-0.2, 0) is 17.8 Å². The smallest absolute Gasteiger partial charge is 0.246 e. The molecule has 0 unspecified atom stereocenters. The average Bonchev–Trinajstić information content (AvgIpc) is 3.09. The van der Waals surface area contributed by atoms with Gasteiger partial charge in [0.2, 0.25) is 17.6 Å². The minimum Gasteiger partial charge on any atom is -0.337 e. The summed E-state index contributed by atoms with van der Waals surface area (Å²) in [7, 11) is 1.73. The molecular weight excluding hydrogens is 350 g/mol. The number of aromatic nitrogens is 2. The molecule has 0 bridgehead atoms. The molecule has 0 atom stereocenters. The standard InChI is InChI=1S/C20H20ClN3O2/c1-14-6-5-8-16(12-14)20-22-18(26-23-20)13-24(2)19(25)11-10-15-7-3-4-9-17(15)21/h3-9,12H,10-11,13H2,1-2H3. The highest BCUT2D eigenvalue weighted by atomic mass is 35.5. The second-order valence-corrected chi connectivity index (χ2v) is 6.63. The van der Waals surface area contributed by atoms with Gasteiger partial charge in [0, 0.05) is 24.1 Å². The highest BCUT2D eigenvalue weighted by Gasteiger charge is 2.15. The van der Waals surface area contributed by atoms with Crippen molar-refractivity contribution >= 4 is 17.5 Å². The lowest BCUT2D eigenvalue weighted by Crippen LogP contribution is -2.26. The summed E-state index contributed by atoms with van der Waals surface area (Å²) >= 11 is 6.13. The Labute approximate surface area is 157 Å². The van der Waals surface area contributed by atoms with Crippen molar-refractivity contribution in [3.8, 4) is 11.4 Å². The van der Waals surface area contributed by atoms with Crippen LogP contribution >= 0.6 is 11.6 Å². The van der Waals surface area contributed by atoms with Crippen LogP contribution in [0.4, 0.5) is 0 Å². The van der Waals surface area contributed by atoms with Crippen LogP contribution in [0.25, 0.3) is 11.4 Å². The SMILES string of the molecule is Cc1cccc(-c2noc(CN(C)C(=O)CCc3ccccc3Cl)n2)c1. The van der Waals surface area contributed by atoms with Crippen molar-refractivity contribution in [2.45, 2.75) is 26.3 Å². The van der Waals surface area contributed by atoms with Crippen LogP contribution in [0.15, 0.2) is 53.1 Å². The number of benzene rings is 2. The molecule has 2 aromatic carbocycles. The van der Waals surface area contributed by atoms with E-state index in [0.717, 1.165) is 16.7 Å². The van der Waals surface area contributed by atoms with Gasteiger partial charge >= 0.3 is 0 Å². The van der Waals surface area contributed by atoms with Gasteiger partial charge in [-0.25, -0.2) is 0 Å². The van der Waals surface area contributed by atoms with Gasteiger partial charge in [-0.2, -0.15) is 4.98 Å². The normalized spacial score (nSPS) is 10.7. The number of aryl methyl sites for hydroxylation is 2. The molecule has 134 valence electrons. The Morgan fingerprint density at radius 2 is 2.00 bits per heavy atom. The summed E-state index contributed by atoms with van der Waals surface area (Å²) in [5, 5.41) is 4.69. The second-order valence-electron chi connectivity index (χ2n) is 6.22. The van der Waals surface area contributed by atoms with Crippen LogP contribution in [0.2, 0.25) is 5.02 Å². The maximum atomic E-state index is 12.3. The minimum atomic E-state index is 0.000209. The molecule has 0 aliphatic heterocycles. The summed E-state index contributed by atoms with van der Waals surface area (Å²) in [4.78, 5) is 18.3. The van der Waals surface area contributed by atoms with Crippen LogP contribution < -0.4 is 0 Å². The van der Waals surface area contributed by atoms with Crippen molar-refractivity contribution in [2.24, 2.45) is 0 Å². The fourth-order valence-electron chi connectivity index (χ4n) is 2.65. The average molecular weight is 370 g/mol. The zero-order valence-corrected chi connectivity index (χ0v) is 15.5. The summed E-state index contributed by atoms with van der Waals surface area (Å²) in [6.45, 7) is 2.29. The molecule has 1 heterocycles. The summed E-state index contributed by atoms with van der Waals surface area (Å²) in [6.07, 6.45) is 0.973. The van der Waals surface area contributed by atoms with Crippen molar-refractivity contribution in [1.82, 2.24) is 15.0 Å². The van der Waals surface area contributed by atoms with Crippen molar-refractivity contribution in [3.63, 3.8) is 0 Å². The summed E-state index contributed by atoms with van der Waals surface area (Å²) in [5.74, 6) is 0.941. The Morgan fingerprint density at radius 1 is 1.19 bits per heavy atom. The molecule has 6 heteroatoms. The maximum Gasteiger partial charge on any atom is 0.246 e. The van der Waals surface area contributed by atoms with E-state index in [9.17, 15) is 4.79 Å². The largest absolute Gasteiger partial charge is 0.337 e. The van der Waals surface area contributed by atoms with Gasteiger partial charge in [-0.05, 0) is 31.0 Å². The first-order valence-corrected chi connectivity index (χ1v) is 8.78. The minimum absolute atomic E-state index is 0.000209. The molecule has 1 amide bonds. The molecule has 0 spiro atoms. The summed E-state index contributed by atoms with van der Waals surface area (Å²) in [5.41, 5.74) is 2.99. The zero-order chi connectivity index (χ0) is 18.5. The van der Waals surface area contributed by atoms with E-state index in [-0.39, 0.29) is 12.5 Å². The number of rotatable bonds is 6. The van der Waals surface area contributed by atoms with E-state index in [0.29, 0.717) is 29.6 Å². The van der Waals surface area contributed by atoms with Gasteiger partial charge in [-0.3, -0.25) is 4.79 Å². The Hall–Kier alpha value is -2.66. The quantitative estimate of drug-likeness (QED) is 0.650. The third-order valence-electron chi connectivity index (χ3n) is 4.11. The van der Waals surface area contributed by atoms with Crippen LogP contribution in [0.5, 0.6) is 0 Å². The number of halogens is 1. The van der Waals surface area contributed by atoms with E-state index in [4.69, 9.17) is 16.1 Å². The maximum absolute atomic E-state index is 12.3. The van der Waals surface area contributed by atoms with E-state index in [1.165, 1.54) is 0 Å². The number of hydrogen-bond acceptors (Lipinski definition) is 4.